The average molecular weight is 465 g/mol. The molecular weight excluding hydrogens is 428 g/mol. The Hall–Kier alpha value is -2.08. The van der Waals surface area contributed by atoms with Crippen molar-refractivity contribution in [2.24, 2.45) is 0 Å². The Morgan fingerprint density at radius 1 is 1.16 bits per heavy atom. The van der Waals surface area contributed by atoms with Gasteiger partial charge in [0.15, 0.2) is 0 Å². The molecule has 0 aliphatic heterocycles. The third kappa shape index (κ3) is 4.66. The summed E-state index contributed by atoms with van der Waals surface area (Å²) >= 11 is 0. The Labute approximate surface area is 192 Å². The van der Waals surface area contributed by atoms with Crippen LogP contribution in [-0.2, 0) is 14.8 Å². The molecule has 7 nitrogen and oxygen atoms in total. The zero-order valence-corrected chi connectivity index (χ0v) is 20.7. The number of aliphatic carboxylic acids is 1. The fourth-order valence-corrected chi connectivity index (χ4v) is 6.53. The highest BCUT2D eigenvalue weighted by atomic mass is 32.2. The van der Waals surface area contributed by atoms with E-state index in [1.54, 1.807) is 26.0 Å². The highest BCUT2D eigenvalue weighted by molar-refractivity contribution is 7.89. The first-order valence-electron chi connectivity index (χ1n) is 11.2. The van der Waals surface area contributed by atoms with E-state index in [0.717, 1.165) is 23.6 Å². The highest BCUT2D eigenvalue weighted by Crippen LogP contribution is 2.46. The molecule has 1 unspecified atom stereocenters. The van der Waals surface area contributed by atoms with Gasteiger partial charge in [-0.1, -0.05) is 39.0 Å². The van der Waals surface area contributed by atoms with Crippen LogP contribution in [0.3, 0.4) is 0 Å². The number of ether oxygens (including phenoxy) is 1. The quantitative estimate of drug-likeness (QED) is 0.533. The highest BCUT2D eigenvalue weighted by Gasteiger charge is 2.61. The molecule has 1 aromatic rings. The molecule has 0 radical (unpaired) electrons. The molecule has 8 heteroatoms. The van der Waals surface area contributed by atoms with Gasteiger partial charge in [0.1, 0.15) is 17.9 Å². The molecule has 0 spiro atoms. The fourth-order valence-electron chi connectivity index (χ4n) is 5.00. The summed E-state index contributed by atoms with van der Waals surface area (Å²) < 4.78 is 33.8. The number of benzene rings is 1. The number of carboxylic acid groups (broad SMARTS) is 1. The lowest BCUT2D eigenvalue weighted by Gasteiger charge is -2.56. The van der Waals surface area contributed by atoms with Crippen molar-refractivity contribution in [3.8, 4) is 17.6 Å². The lowest BCUT2D eigenvalue weighted by Crippen LogP contribution is -2.73. The molecule has 1 aromatic carbocycles. The minimum atomic E-state index is -4.08. The fraction of sp³-hybridized carbons (Fsp3) is 0.625. The molecule has 0 amide bonds. The van der Waals surface area contributed by atoms with Gasteiger partial charge in [0, 0.05) is 7.05 Å². The lowest BCUT2D eigenvalue weighted by molar-refractivity contribution is -0.160. The van der Waals surface area contributed by atoms with Crippen LogP contribution in [0.25, 0.3) is 0 Å². The van der Waals surface area contributed by atoms with Crippen LogP contribution in [0.2, 0.25) is 0 Å². The first kappa shape index (κ1) is 26.2. The third-order valence-electron chi connectivity index (χ3n) is 6.97. The van der Waals surface area contributed by atoms with E-state index >= 15 is 0 Å². The third-order valence-corrected chi connectivity index (χ3v) is 8.93. The van der Waals surface area contributed by atoms with Crippen LogP contribution in [0.1, 0.15) is 59.8 Å². The zero-order chi connectivity index (χ0) is 24.0. The van der Waals surface area contributed by atoms with E-state index in [-0.39, 0.29) is 11.5 Å². The minimum absolute atomic E-state index is 0.0342. The molecule has 32 heavy (non-hydrogen) atoms. The van der Waals surface area contributed by atoms with Gasteiger partial charge < -0.3 is 9.84 Å². The molecular formula is C24H36N2O5S. The van der Waals surface area contributed by atoms with Crippen LogP contribution in [0.4, 0.5) is 0 Å². The van der Waals surface area contributed by atoms with Crippen LogP contribution in [0.5, 0.6) is 5.75 Å². The minimum Gasteiger partial charge on any atom is -0.481 e. The Bertz CT molecular complexity index is 939. The van der Waals surface area contributed by atoms with Crippen molar-refractivity contribution in [1.29, 1.82) is 0 Å². The number of likely N-dealkylation sites (N-methyl/N-ethyl adjacent to an activating group) is 2. The molecule has 0 bridgehead atoms. The van der Waals surface area contributed by atoms with Crippen molar-refractivity contribution in [3.05, 3.63) is 24.3 Å². The summed E-state index contributed by atoms with van der Waals surface area (Å²) in [5.74, 6) is 4.89. The summed E-state index contributed by atoms with van der Waals surface area (Å²) in [5, 5.41) is 10.5. The van der Waals surface area contributed by atoms with Crippen LogP contribution < -0.4 is 4.74 Å². The Kier molecular flexibility index (Phi) is 8.74. The molecule has 178 valence electrons. The summed E-state index contributed by atoms with van der Waals surface area (Å²) in [4.78, 5) is 15.0. The number of carboxylic acids is 1. The largest absolute Gasteiger partial charge is 0.481 e. The summed E-state index contributed by atoms with van der Waals surface area (Å²) in [6.07, 6.45) is 4.06. The van der Waals surface area contributed by atoms with Gasteiger partial charge in [0.25, 0.3) is 0 Å². The topological polar surface area (TPSA) is 87.2 Å². The zero-order valence-electron chi connectivity index (χ0n) is 19.8. The van der Waals surface area contributed by atoms with Gasteiger partial charge >= 0.3 is 5.97 Å². The van der Waals surface area contributed by atoms with Gasteiger partial charge in [-0.2, -0.15) is 4.31 Å². The van der Waals surface area contributed by atoms with E-state index in [2.05, 4.69) is 16.7 Å². The van der Waals surface area contributed by atoms with Gasteiger partial charge in [-0.05, 0) is 64.0 Å². The van der Waals surface area contributed by atoms with E-state index in [1.807, 2.05) is 13.8 Å². The van der Waals surface area contributed by atoms with Crippen molar-refractivity contribution in [2.75, 3.05) is 26.7 Å². The maximum atomic E-state index is 13.6. The van der Waals surface area contributed by atoms with E-state index < -0.39 is 27.1 Å². The number of nitrogens with zero attached hydrogens (tertiary/aromatic N) is 2. The van der Waals surface area contributed by atoms with Crippen LogP contribution in [0, 0.1) is 11.8 Å². The van der Waals surface area contributed by atoms with Gasteiger partial charge in [-0.25, -0.2) is 8.42 Å². The predicted octanol–water partition coefficient (Wildman–Crippen LogP) is 3.60. The van der Waals surface area contributed by atoms with Gasteiger partial charge in [0.2, 0.25) is 10.0 Å². The number of sulfonamides is 1. The molecule has 0 aromatic heterocycles. The number of hydrogen-bond donors (Lipinski definition) is 1. The molecule has 1 aliphatic carbocycles. The molecule has 0 saturated heterocycles. The number of rotatable bonds is 10. The van der Waals surface area contributed by atoms with Gasteiger partial charge in [-0.15, -0.1) is 5.92 Å². The second-order valence-corrected chi connectivity index (χ2v) is 10.3. The molecule has 1 aliphatic rings. The smallest absolute Gasteiger partial charge is 0.326 e. The second-order valence-electron chi connectivity index (χ2n) is 8.30. The van der Waals surface area contributed by atoms with Crippen LogP contribution in [0.15, 0.2) is 29.2 Å². The van der Waals surface area contributed by atoms with Crippen molar-refractivity contribution in [2.45, 2.75) is 75.8 Å². The standard InChI is InChI=1S/C24H36N2O5S/c1-6-9-19-31-20-13-15-21(16-14-20)32(29,30)25(5)23(4,22(27)28)24(26(7-2)8-3)17-11-10-12-18-24/h13-16H,7-8,10-12,17-19H2,1-5H3,(H,27,28). The first-order chi connectivity index (χ1) is 15.1. The van der Waals surface area contributed by atoms with Crippen LogP contribution >= 0.6 is 0 Å². The van der Waals surface area contributed by atoms with E-state index in [1.165, 1.54) is 19.2 Å². The SMILES string of the molecule is CC#CCOc1ccc(S(=O)(=O)N(C)C(C)(C(=O)O)C2(N(CC)CC)CCCCC2)cc1. The van der Waals surface area contributed by atoms with E-state index in [4.69, 9.17) is 4.74 Å². The van der Waals surface area contributed by atoms with Crippen LogP contribution in [-0.4, -0.2) is 66.5 Å². The second kappa shape index (κ2) is 10.7. The van der Waals surface area contributed by atoms with E-state index in [0.29, 0.717) is 31.7 Å². The molecule has 1 atom stereocenters. The van der Waals surface area contributed by atoms with Gasteiger partial charge in [0.05, 0.1) is 10.4 Å². The van der Waals surface area contributed by atoms with Crippen molar-refractivity contribution < 1.29 is 23.1 Å². The molecule has 0 heterocycles. The Morgan fingerprint density at radius 2 is 1.72 bits per heavy atom. The summed E-state index contributed by atoms with van der Waals surface area (Å²) in [7, 11) is -2.69. The Balaban J connectivity index is 2.51. The maximum Gasteiger partial charge on any atom is 0.326 e. The molecule has 1 fully saturated rings. The number of carbonyl (C=O) groups is 1. The normalized spacial score (nSPS) is 18.0. The van der Waals surface area contributed by atoms with Crippen molar-refractivity contribution in [1.82, 2.24) is 9.21 Å². The number of hydrogen-bond acceptors (Lipinski definition) is 5. The molecule has 1 N–H and O–H groups in total. The maximum absolute atomic E-state index is 13.6. The average Bonchev–Trinajstić information content (AvgIpc) is 2.79. The monoisotopic (exact) mass is 464 g/mol. The van der Waals surface area contributed by atoms with E-state index in [9.17, 15) is 18.3 Å². The Morgan fingerprint density at radius 3 is 2.19 bits per heavy atom. The van der Waals surface area contributed by atoms with Crippen molar-refractivity contribution >= 4 is 16.0 Å². The molecule has 1 saturated carbocycles. The first-order valence-corrected chi connectivity index (χ1v) is 12.7. The van der Waals surface area contributed by atoms with Gasteiger partial charge in [-0.3, -0.25) is 9.69 Å². The summed E-state index contributed by atoms with van der Waals surface area (Å²) in [6.45, 7) is 8.80. The molecule has 2 rings (SSSR count). The summed E-state index contributed by atoms with van der Waals surface area (Å²) in [6, 6.07) is 6.04. The lowest BCUT2D eigenvalue weighted by atomic mass is 9.67. The summed E-state index contributed by atoms with van der Waals surface area (Å²) in [5.41, 5.74) is -2.42. The van der Waals surface area contributed by atoms with Crippen molar-refractivity contribution in [3.63, 3.8) is 0 Å². The predicted molar refractivity (Wildman–Crippen MR) is 125 cm³/mol.